The van der Waals surface area contributed by atoms with Crippen molar-refractivity contribution in [1.29, 1.82) is 0 Å². The molecule has 1 saturated heterocycles. The second-order valence-electron chi connectivity index (χ2n) is 4.23. The number of likely N-dealkylation sites (N-methyl/N-ethyl adjacent to an activating group) is 1. The van der Waals surface area contributed by atoms with Gasteiger partial charge < -0.3 is 15.4 Å². The topological polar surface area (TPSA) is 50.4 Å². The van der Waals surface area contributed by atoms with Crippen molar-refractivity contribution in [3.8, 4) is 0 Å². The molecule has 0 bridgehead atoms. The van der Waals surface area contributed by atoms with E-state index in [0.29, 0.717) is 13.2 Å². The van der Waals surface area contributed by atoms with E-state index in [0.717, 1.165) is 10.6 Å². The normalized spacial score (nSPS) is 23.0. The van der Waals surface area contributed by atoms with Crippen molar-refractivity contribution in [2.45, 2.75) is 10.9 Å². The molecule has 0 radical (unpaired) electrons. The minimum Gasteiger partial charge on any atom is -0.379 e. The predicted molar refractivity (Wildman–Crippen MR) is 74.0 cm³/mol. The van der Waals surface area contributed by atoms with Gasteiger partial charge in [0, 0.05) is 10.9 Å². The lowest BCUT2D eigenvalue weighted by Crippen LogP contribution is -2.39. The average molecular weight is 266 g/mol. The Balaban J connectivity index is 2.07. The number of amides is 1. The van der Waals surface area contributed by atoms with Crippen LogP contribution < -0.4 is 10.6 Å². The summed E-state index contributed by atoms with van der Waals surface area (Å²) >= 11 is 1.62. The van der Waals surface area contributed by atoms with E-state index in [1.165, 1.54) is 0 Å². The van der Waals surface area contributed by atoms with Gasteiger partial charge in [0.2, 0.25) is 5.91 Å². The number of carbonyl (C=O) groups excluding carboxylic acids is 1. The van der Waals surface area contributed by atoms with Crippen molar-refractivity contribution in [3.63, 3.8) is 0 Å². The van der Waals surface area contributed by atoms with E-state index < -0.39 is 0 Å². The van der Waals surface area contributed by atoms with Gasteiger partial charge in [-0.3, -0.25) is 4.79 Å². The fourth-order valence-electron chi connectivity index (χ4n) is 2.07. The van der Waals surface area contributed by atoms with E-state index in [-0.39, 0.29) is 17.9 Å². The summed E-state index contributed by atoms with van der Waals surface area (Å²) in [6, 6.07) is 7.92. The Kier molecular flexibility index (Phi) is 4.63. The molecule has 0 spiro atoms. The highest BCUT2D eigenvalue weighted by atomic mass is 32.2. The van der Waals surface area contributed by atoms with Crippen LogP contribution in [0.5, 0.6) is 0 Å². The van der Waals surface area contributed by atoms with E-state index in [1.807, 2.05) is 37.6 Å². The first kappa shape index (κ1) is 13.4. The van der Waals surface area contributed by atoms with E-state index in [2.05, 4.69) is 10.6 Å². The minimum absolute atomic E-state index is 0.0216. The van der Waals surface area contributed by atoms with E-state index in [9.17, 15) is 4.79 Å². The number of nitrogens with one attached hydrogen (secondary N) is 2. The molecule has 4 nitrogen and oxygen atoms in total. The molecule has 1 fully saturated rings. The van der Waals surface area contributed by atoms with Crippen LogP contribution in [0.2, 0.25) is 0 Å². The van der Waals surface area contributed by atoms with Crippen molar-refractivity contribution in [3.05, 3.63) is 24.3 Å². The van der Waals surface area contributed by atoms with Gasteiger partial charge in [-0.05, 0) is 25.4 Å². The van der Waals surface area contributed by atoms with Gasteiger partial charge in [-0.15, -0.1) is 11.8 Å². The van der Waals surface area contributed by atoms with Gasteiger partial charge in [-0.2, -0.15) is 0 Å². The molecule has 1 heterocycles. The number of ether oxygens (including phenoxy) is 1. The van der Waals surface area contributed by atoms with Crippen molar-refractivity contribution in [2.75, 3.05) is 31.8 Å². The number of benzene rings is 1. The third-order valence-electron chi connectivity index (χ3n) is 3.15. The first-order chi connectivity index (χ1) is 8.76. The fraction of sp³-hybridized carbons (Fsp3) is 0.462. The molecule has 1 aromatic rings. The SMILES string of the molecule is CNC1COCC1C(=O)Nc1ccccc1SC. The van der Waals surface area contributed by atoms with Crippen LogP contribution in [-0.4, -0.2) is 38.5 Å². The quantitative estimate of drug-likeness (QED) is 0.813. The van der Waals surface area contributed by atoms with Gasteiger partial charge in [0.25, 0.3) is 0 Å². The Hall–Kier alpha value is -1.04. The summed E-state index contributed by atoms with van der Waals surface area (Å²) in [5.41, 5.74) is 0.872. The highest BCUT2D eigenvalue weighted by molar-refractivity contribution is 7.98. The first-order valence-corrected chi connectivity index (χ1v) is 7.17. The predicted octanol–water partition coefficient (Wildman–Crippen LogP) is 1.58. The van der Waals surface area contributed by atoms with Crippen LogP contribution in [-0.2, 0) is 9.53 Å². The molecule has 2 unspecified atom stereocenters. The molecule has 1 aliphatic heterocycles. The molecule has 0 aliphatic carbocycles. The second-order valence-corrected chi connectivity index (χ2v) is 5.08. The van der Waals surface area contributed by atoms with Gasteiger partial charge in [-0.1, -0.05) is 12.1 Å². The lowest BCUT2D eigenvalue weighted by atomic mass is 10.0. The minimum atomic E-state index is -0.120. The van der Waals surface area contributed by atoms with Crippen LogP contribution in [0.3, 0.4) is 0 Å². The largest absolute Gasteiger partial charge is 0.379 e. The van der Waals surface area contributed by atoms with Crippen molar-refractivity contribution >= 4 is 23.4 Å². The van der Waals surface area contributed by atoms with Crippen LogP contribution in [0, 0.1) is 5.92 Å². The molecule has 18 heavy (non-hydrogen) atoms. The number of thioether (sulfide) groups is 1. The molecule has 2 N–H and O–H groups in total. The van der Waals surface area contributed by atoms with E-state index in [1.54, 1.807) is 11.8 Å². The van der Waals surface area contributed by atoms with Crippen LogP contribution in [0.15, 0.2) is 29.2 Å². The molecular weight excluding hydrogens is 248 g/mol. The Labute approximate surface area is 111 Å². The summed E-state index contributed by atoms with van der Waals surface area (Å²) in [6.45, 7) is 1.08. The molecule has 5 heteroatoms. The number of hydrogen-bond donors (Lipinski definition) is 2. The van der Waals surface area contributed by atoms with Gasteiger partial charge >= 0.3 is 0 Å². The third kappa shape index (κ3) is 2.85. The molecule has 1 aliphatic rings. The summed E-state index contributed by atoms with van der Waals surface area (Å²) < 4.78 is 5.35. The molecule has 0 saturated carbocycles. The first-order valence-electron chi connectivity index (χ1n) is 5.95. The number of anilines is 1. The lowest BCUT2D eigenvalue weighted by molar-refractivity contribution is -0.120. The van der Waals surface area contributed by atoms with Crippen molar-refractivity contribution in [1.82, 2.24) is 5.32 Å². The summed E-state index contributed by atoms with van der Waals surface area (Å²) in [6.07, 6.45) is 2.00. The van der Waals surface area contributed by atoms with Crippen LogP contribution in [0.4, 0.5) is 5.69 Å². The zero-order valence-corrected chi connectivity index (χ0v) is 11.4. The molecule has 1 aromatic carbocycles. The Morgan fingerprint density at radius 3 is 2.89 bits per heavy atom. The number of hydrogen-bond acceptors (Lipinski definition) is 4. The molecule has 2 atom stereocenters. The summed E-state index contributed by atoms with van der Waals surface area (Å²) in [4.78, 5) is 13.3. The highest BCUT2D eigenvalue weighted by Crippen LogP contribution is 2.26. The zero-order valence-electron chi connectivity index (χ0n) is 10.6. The van der Waals surface area contributed by atoms with E-state index >= 15 is 0 Å². The maximum Gasteiger partial charge on any atom is 0.231 e. The number of carbonyl (C=O) groups is 1. The van der Waals surface area contributed by atoms with Crippen molar-refractivity contribution < 1.29 is 9.53 Å². The smallest absolute Gasteiger partial charge is 0.231 e. The average Bonchev–Trinajstić information content (AvgIpc) is 2.87. The van der Waals surface area contributed by atoms with Gasteiger partial charge in [0.05, 0.1) is 24.8 Å². The van der Waals surface area contributed by atoms with Crippen LogP contribution in [0.1, 0.15) is 0 Å². The van der Waals surface area contributed by atoms with E-state index in [4.69, 9.17) is 4.74 Å². The molecule has 2 rings (SSSR count). The molecule has 0 aromatic heterocycles. The van der Waals surface area contributed by atoms with Gasteiger partial charge in [-0.25, -0.2) is 0 Å². The second kappa shape index (κ2) is 6.22. The standard InChI is InChI=1S/C13H18N2O2S/c1-14-11-8-17-7-9(11)13(16)15-10-5-3-4-6-12(10)18-2/h3-6,9,11,14H,7-8H2,1-2H3,(H,15,16). The molecule has 98 valence electrons. The number of rotatable bonds is 4. The van der Waals surface area contributed by atoms with Crippen molar-refractivity contribution in [2.24, 2.45) is 5.92 Å². The summed E-state index contributed by atoms with van der Waals surface area (Å²) in [5, 5.41) is 6.11. The summed E-state index contributed by atoms with van der Waals surface area (Å²) in [7, 11) is 1.86. The Morgan fingerprint density at radius 1 is 1.39 bits per heavy atom. The number of para-hydroxylation sites is 1. The maximum atomic E-state index is 12.2. The molecular formula is C13H18N2O2S. The van der Waals surface area contributed by atoms with Gasteiger partial charge in [0.15, 0.2) is 0 Å². The zero-order chi connectivity index (χ0) is 13.0. The molecule has 1 amide bonds. The summed E-state index contributed by atoms with van der Waals surface area (Å²) in [5.74, 6) is -0.0988. The maximum absolute atomic E-state index is 12.2. The van der Waals surface area contributed by atoms with Gasteiger partial charge in [0.1, 0.15) is 0 Å². The fourth-order valence-corrected chi connectivity index (χ4v) is 2.62. The Bertz CT molecular complexity index is 425. The monoisotopic (exact) mass is 266 g/mol. The highest BCUT2D eigenvalue weighted by Gasteiger charge is 2.33. The third-order valence-corrected chi connectivity index (χ3v) is 3.95. The van der Waals surface area contributed by atoms with Crippen LogP contribution in [0.25, 0.3) is 0 Å². The Morgan fingerprint density at radius 2 is 2.17 bits per heavy atom. The van der Waals surface area contributed by atoms with Crippen LogP contribution >= 0.6 is 11.8 Å². The lowest BCUT2D eigenvalue weighted by Gasteiger charge is -2.17.